The van der Waals surface area contributed by atoms with Crippen LogP contribution in [0, 0.1) is 0 Å². The van der Waals surface area contributed by atoms with Gasteiger partial charge in [-0.25, -0.2) is 0 Å². The van der Waals surface area contributed by atoms with E-state index in [1.165, 1.54) is 36.8 Å². The summed E-state index contributed by atoms with van der Waals surface area (Å²) in [5.41, 5.74) is 2.51. The number of benzene rings is 1. The molecule has 1 heterocycles. The summed E-state index contributed by atoms with van der Waals surface area (Å²) < 4.78 is 1.11. The van der Waals surface area contributed by atoms with Crippen LogP contribution in [0.15, 0.2) is 22.7 Å². The van der Waals surface area contributed by atoms with Gasteiger partial charge >= 0.3 is 0 Å². The van der Waals surface area contributed by atoms with Gasteiger partial charge in [-0.2, -0.15) is 0 Å². The molecular weight excluding hydrogens is 278 g/mol. The van der Waals surface area contributed by atoms with Gasteiger partial charge in [0.1, 0.15) is 6.29 Å². The first-order valence-corrected chi connectivity index (χ1v) is 7.08. The van der Waals surface area contributed by atoms with E-state index < -0.39 is 0 Å². The molecule has 1 aliphatic heterocycles. The van der Waals surface area contributed by atoms with Crippen molar-refractivity contribution < 1.29 is 4.79 Å². The van der Waals surface area contributed by atoms with Crippen molar-refractivity contribution in [2.75, 3.05) is 0 Å². The van der Waals surface area contributed by atoms with E-state index in [1.807, 2.05) is 6.07 Å². The predicted molar refractivity (Wildman–Crippen MR) is 70.7 cm³/mol. The van der Waals surface area contributed by atoms with Crippen molar-refractivity contribution in [3.05, 3.63) is 33.8 Å². The summed E-state index contributed by atoms with van der Waals surface area (Å²) in [6.07, 6.45) is 6.23. The molecule has 1 aromatic rings. The molecule has 17 heavy (non-hydrogen) atoms. The van der Waals surface area contributed by atoms with Gasteiger partial charge in [0.05, 0.1) is 6.04 Å². The van der Waals surface area contributed by atoms with Gasteiger partial charge in [0.15, 0.2) is 0 Å². The van der Waals surface area contributed by atoms with Crippen LogP contribution in [0.5, 0.6) is 0 Å². The standard InChI is InChI=1S/C14H16BrNO/c15-11-5-6-13-10(7-11)8-16(14(13)9-17)12-3-1-2-4-12/h5-7,9,12,14H,1-4,8H2. The maximum Gasteiger partial charge on any atom is 0.141 e. The first kappa shape index (κ1) is 11.4. The maximum atomic E-state index is 11.4. The summed E-state index contributed by atoms with van der Waals surface area (Å²) in [6.45, 7) is 0.933. The van der Waals surface area contributed by atoms with Gasteiger partial charge in [-0.3, -0.25) is 4.90 Å². The van der Waals surface area contributed by atoms with Crippen molar-refractivity contribution in [3.8, 4) is 0 Å². The highest BCUT2D eigenvalue weighted by Gasteiger charge is 2.35. The Balaban J connectivity index is 1.92. The Morgan fingerprint density at radius 1 is 1.29 bits per heavy atom. The largest absolute Gasteiger partial charge is 0.301 e. The van der Waals surface area contributed by atoms with Gasteiger partial charge in [-0.15, -0.1) is 0 Å². The first-order valence-electron chi connectivity index (χ1n) is 6.29. The fraction of sp³-hybridized carbons (Fsp3) is 0.500. The lowest BCUT2D eigenvalue weighted by Crippen LogP contribution is -2.32. The van der Waals surface area contributed by atoms with Crippen LogP contribution in [0.25, 0.3) is 0 Å². The summed E-state index contributed by atoms with van der Waals surface area (Å²) in [6, 6.07) is 6.87. The Labute approximate surface area is 110 Å². The Bertz CT molecular complexity index is 440. The van der Waals surface area contributed by atoms with E-state index in [-0.39, 0.29) is 6.04 Å². The lowest BCUT2D eigenvalue weighted by Gasteiger charge is -2.27. The molecule has 3 rings (SSSR count). The summed E-state index contributed by atoms with van der Waals surface area (Å²) in [7, 11) is 0. The van der Waals surface area contributed by atoms with Gasteiger partial charge < -0.3 is 4.79 Å². The number of carbonyl (C=O) groups is 1. The fourth-order valence-corrected chi connectivity index (χ4v) is 3.63. The molecule has 90 valence electrons. The quantitative estimate of drug-likeness (QED) is 0.779. The van der Waals surface area contributed by atoms with E-state index in [9.17, 15) is 4.79 Å². The van der Waals surface area contributed by atoms with Gasteiger partial charge in [0.2, 0.25) is 0 Å². The van der Waals surface area contributed by atoms with E-state index in [0.717, 1.165) is 17.3 Å². The second kappa shape index (κ2) is 4.54. The SMILES string of the molecule is O=CC1c2ccc(Br)cc2CN1C1CCCC1. The van der Waals surface area contributed by atoms with Gasteiger partial charge in [-0.1, -0.05) is 34.8 Å². The number of halogens is 1. The molecule has 0 amide bonds. The zero-order chi connectivity index (χ0) is 11.8. The van der Waals surface area contributed by atoms with Crippen molar-refractivity contribution in [1.29, 1.82) is 0 Å². The number of nitrogens with zero attached hydrogens (tertiary/aromatic N) is 1. The number of aldehydes is 1. The summed E-state index contributed by atoms with van der Waals surface area (Å²) in [5, 5.41) is 0. The van der Waals surface area contributed by atoms with Crippen LogP contribution in [-0.4, -0.2) is 17.2 Å². The van der Waals surface area contributed by atoms with Gasteiger partial charge in [-0.05, 0) is 36.1 Å². The van der Waals surface area contributed by atoms with Crippen LogP contribution in [-0.2, 0) is 11.3 Å². The first-order chi connectivity index (χ1) is 8.29. The second-order valence-electron chi connectivity index (χ2n) is 5.03. The fourth-order valence-electron chi connectivity index (χ4n) is 3.22. The molecule has 0 radical (unpaired) electrons. The zero-order valence-corrected chi connectivity index (χ0v) is 11.3. The number of carbonyl (C=O) groups excluding carboxylic acids is 1. The number of rotatable bonds is 2. The molecule has 1 fully saturated rings. The van der Waals surface area contributed by atoms with Crippen molar-refractivity contribution in [1.82, 2.24) is 4.90 Å². The lowest BCUT2D eigenvalue weighted by molar-refractivity contribution is -0.113. The molecule has 1 aromatic carbocycles. The Morgan fingerprint density at radius 2 is 2.06 bits per heavy atom. The molecule has 2 nitrogen and oxygen atoms in total. The highest BCUT2D eigenvalue weighted by atomic mass is 79.9. The van der Waals surface area contributed by atoms with Crippen molar-refractivity contribution in [2.45, 2.75) is 44.3 Å². The maximum absolute atomic E-state index is 11.4. The van der Waals surface area contributed by atoms with E-state index in [0.29, 0.717) is 6.04 Å². The molecule has 1 aliphatic carbocycles. The minimum Gasteiger partial charge on any atom is -0.301 e. The molecule has 0 bridgehead atoms. The predicted octanol–water partition coefficient (Wildman–Crippen LogP) is 3.45. The molecule has 1 saturated carbocycles. The normalized spacial score (nSPS) is 25.1. The van der Waals surface area contributed by atoms with Crippen molar-refractivity contribution in [2.24, 2.45) is 0 Å². The van der Waals surface area contributed by atoms with Crippen LogP contribution >= 0.6 is 15.9 Å². The van der Waals surface area contributed by atoms with Crippen LogP contribution in [0.2, 0.25) is 0 Å². The Morgan fingerprint density at radius 3 is 2.76 bits per heavy atom. The zero-order valence-electron chi connectivity index (χ0n) is 9.73. The van der Waals surface area contributed by atoms with E-state index in [2.05, 4.69) is 33.0 Å². The van der Waals surface area contributed by atoms with Crippen LogP contribution in [0.1, 0.15) is 42.9 Å². The number of fused-ring (bicyclic) bond motifs is 1. The molecule has 0 N–H and O–H groups in total. The summed E-state index contributed by atoms with van der Waals surface area (Å²) in [4.78, 5) is 13.8. The van der Waals surface area contributed by atoms with Crippen LogP contribution in [0.4, 0.5) is 0 Å². The molecule has 0 spiro atoms. The third kappa shape index (κ3) is 1.95. The average Bonchev–Trinajstić information content (AvgIpc) is 2.94. The third-order valence-corrected chi connectivity index (χ3v) is 4.55. The minimum atomic E-state index is -0.0128. The van der Waals surface area contributed by atoms with Crippen LogP contribution < -0.4 is 0 Å². The van der Waals surface area contributed by atoms with E-state index >= 15 is 0 Å². The molecule has 1 unspecified atom stereocenters. The Hall–Kier alpha value is -0.670. The van der Waals surface area contributed by atoms with Gasteiger partial charge in [0, 0.05) is 17.1 Å². The van der Waals surface area contributed by atoms with E-state index in [4.69, 9.17) is 0 Å². The number of hydrogen-bond donors (Lipinski definition) is 0. The van der Waals surface area contributed by atoms with Crippen molar-refractivity contribution in [3.63, 3.8) is 0 Å². The Kier molecular flexibility index (Phi) is 3.05. The summed E-state index contributed by atoms with van der Waals surface area (Å²) >= 11 is 3.50. The number of hydrogen-bond acceptors (Lipinski definition) is 2. The van der Waals surface area contributed by atoms with Gasteiger partial charge in [0.25, 0.3) is 0 Å². The van der Waals surface area contributed by atoms with E-state index in [1.54, 1.807) is 0 Å². The molecule has 0 saturated heterocycles. The second-order valence-corrected chi connectivity index (χ2v) is 5.95. The smallest absolute Gasteiger partial charge is 0.141 e. The summed E-state index contributed by atoms with van der Waals surface area (Å²) in [5.74, 6) is 0. The molecular formula is C14H16BrNO. The highest BCUT2D eigenvalue weighted by Crippen LogP contribution is 2.39. The lowest BCUT2D eigenvalue weighted by atomic mass is 10.1. The van der Waals surface area contributed by atoms with Crippen LogP contribution in [0.3, 0.4) is 0 Å². The third-order valence-electron chi connectivity index (χ3n) is 4.06. The minimum absolute atomic E-state index is 0.0128. The monoisotopic (exact) mass is 293 g/mol. The molecule has 3 heteroatoms. The highest BCUT2D eigenvalue weighted by molar-refractivity contribution is 9.10. The molecule has 2 aliphatic rings. The molecule has 0 aromatic heterocycles. The topological polar surface area (TPSA) is 20.3 Å². The average molecular weight is 294 g/mol. The molecule has 1 atom stereocenters. The van der Waals surface area contributed by atoms with Crippen molar-refractivity contribution >= 4 is 22.2 Å².